The molecule has 2 heteroatoms. The van der Waals surface area contributed by atoms with Crippen LogP contribution in [0, 0.1) is 0 Å². The second kappa shape index (κ2) is 2.89. The molecule has 0 aromatic carbocycles. The van der Waals surface area contributed by atoms with Crippen LogP contribution < -0.4 is 10.6 Å². The molecule has 0 aromatic heterocycles. The van der Waals surface area contributed by atoms with E-state index in [2.05, 4.69) is 10.6 Å². The standard InChI is InChI=1S/C8H16N2/c1-3-7(9-5-1)8-4-2-6-10-8/h7-10H,1-6H2/t7-,8+. The van der Waals surface area contributed by atoms with Crippen molar-refractivity contribution in [3.8, 4) is 0 Å². The van der Waals surface area contributed by atoms with Crippen molar-refractivity contribution in [2.75, 3.05) is 13.1 Å². The second-order valence-electron chi connectivity index (χ2n) is 3.41. The van der Waals surface area contributed by atoms with Crippen molar-refractivity contribution in [2.24, 2.45) is 0 Å². The first-order valence-electron chi connectivity index (χ1n) is 4.43. The molecular formula is C8H16N2. The van der Waals surface area contributed by atoms with Gasteiger partial charge in [-0.25, -0.2) is 0 Å². The first kappa shape index (κ1) is 6.62. The largest absolute Gasteiger partial charge is 0.312 e. The van der Waals surface area contributed by atoms with Crippen molar-refractivity contribution < 1.29 is 0 Å². The van der Waals surface area contributed by atoms with Crippen molar-refractivity contribution >= 4 is 0 Å². The van der Waals surface area contributed by atoms with E-state index in [4.69, 9.17) is 0 Å². The third kappa shape index (κ3) is 1.18. The van der Waals surface area contributed by atoms with Crippen LogP contribution >= 0.6 is 0 Å². The Bertz CT molecular complexity index is 87.8. The topological polar surface area (TPSA) is 24.1 Å². The molecule has 2 atom stereocenters. The molecular weight excluding hydrogens is 124 g/mol. The summed E-state index contributed by atoms with van der Waals surface area (Å²) >= 11 is 0. The lowest BCUT2D eigenvalue weighted by molar-refractivity contribution is 0.449. The zero-order chi connectivity index (χ0) is 6.81. The van der Waals surface area contributed by atoms with E-state index in [1.807, 2.05) is 0 Å². The predicted molar refractivity (Wildman–Crippen MR) is 42.0 cm³/mol. The minimum Gasteiger partial charge on any atom is -0.312 e. The van der Waals surface area contributed by atoms with E-state index in [0.717, 1.165) is 12.1 Å². The Kier molecular flexibility index (Phi) is 1.91. The summed E-state index contributed by atoms with van der Waals surface area (Å²) in [5.74, 6) is 0. The maximum Gasteiger partial charge on any atom is 0.0221 e. The van der Waals surface area contributed by atoms with Gasteiger partial charge >= 0.3 is 0 Å². The Morgan fingerprint density at radius 2 is 1.30 bits per heavy atom. The lowest BCUT2D eigenvalue weighted by atomic mass is 10.1. The highest BCUT2D eigenvalue weighted by Gasteiger charge is 2.26. The summed E-state index contributed by atoms with van der Waals surface area (Å²) < 4.78 is 0. The van der Waals surface area contributed by atoms with Crippen molar-refractivity contribution in [3.63, 3.8) is 0 Å². The summed E-state index contributed by atoms with van der Waals surface area (Å²) in [6.45, 7) is 2.48. The Balaban J connectivity index is 1.85. The van der Waals surface area contributed by atoms with Crippen LogP contribution in [0.15, 0.2) is 0 Å². The molecule has 2 fully saturated rings. The van der Waals surface area contributed by atoms with Gasteiger partial charge in [0, 0.05) is 12.1 Å². The maximum absolute atomic E-state index is 3.54. The van der Waals surface area contributed by atoms with Crippen LogP contribution in [-0.2, 0) is 0 Å². The molecule has 2 saturated heterocycles. The van der Waals surface area contributed by atoms with Gasteiger partial charge in [-0.3, -0.25) is 0 Å². The smallest absolute Gasteiger partial charge is 0.0221 e. The molecule has 0 aromatic rings. The molecule has 0 bridgehead atoms. The van der Waals surface area contributed by atoms with Crippen LogP contribution in [0.25, 0.3) is 0 Å². The van der Waals surface area contributed by atoms with Gasteiger partial charge in [-0.15, -0.1) is 0 Å². The molecule has 2 N–H and O–H groups in total. The monoisotopic (exact) mass is 140 g/mol. The van der Waals surface area contributed by atoms with E-state index < -0.39 is 0 Å². The molecule has 2 nitrogen and oxygen atoms in total. The number of hydrogen-bond donors (Lipinski definition) is 2. The van der Waals surface area contributed by atoms with Crippen LogP contribution in [-0.4, -0.2) is 25.2 Å². The number of hydrogen-bond acceptors (Lipinski definition) is 2. The molecule has 0 unspecified atom stereocenters. The highest BCUT2D eigenvalue weighted by Crippen LogP contribution is 2.16. The van der Waals surface area contributed by atoms with Gasteiger partial charge in [-0.05, 0) is 38.8 Å². The molecule has 58 valence electrons. The van der Waals surface area contributed by atoms with Crippen molar-refractivity contribution in [1.29, 1.82) is 0 Å². The van der Waals surface area contributed by atoms with E-state index in [1.54, 1.807) is 0 Å². The molecule has 2 aliphatic heterocycles. The minimum absolute atomic E-state index is 0.794. The summed E-state index contributed by atoms with van der Waals surface area (Å²) in [5.41, 5.74) is 0. The fourth-order valence-corrected chi connectivity index (χ4v) is 2.11. The molecule has 0 amide bonds. The fourth-order valence-electron chi connectivity index (χ4n) is 2.11. The minimum atomic E-state index is 0.794. The zero-order valence-electron chi connectivity index (χ0n) is 6.40. The Labute approximate surface area is 62.4 Å². The summed E-state index contributed by atoms with van der Waals surface area (Å²) in [7, 11) is 0. The summed E-state index contributed by atoms with van der Waals surface area (Å²) in [6.07, 6.45) is 5.53. The van der Waals surface area contributed by atoms with Gasteiger partial charge in [-0.2, -0.15) is 0 Å². The third-order valence-electron chi connectivity index (χ3n) is 2.68. The average Bonchev–Trinajstić information content (AvgIpc) is 2.59. The number of rotatable bonds is 1. The van der Waals surface area contributed by atoms with E-state index >= 15 is 0 Å². The van der Waals surface area contributed by atoms with Crippen molar-refractivity contribution in [1.82, 2.24) is 10.6 Å². The molecule has 2 rings (SSSR count). The predicted octanol–water partition coefficient (Wildman–Crippen LogP) is 0.490. The molecule has 0 radical (unpaired) electrons. The normalized spacial score (nSPS) is 40.8. The van der Waals surface area contributed by atoms with Crippen LogP contribution in [0.1, 0.15) is 25.7 Å². The van der Waals surface area contributed by atoms with Crippen molar-refractivity contribution in [2.45, 2.75) is 37.8 Å². The summed E-state index contributed by atoms with van der Waals surface area (Å²) in [4.78, 5) is 0. The van der Waals surface area contributed by atoms with E-state index in [1.165, 1.54) is 38.8 Å². The van der Waals surface area contributed by atoms with Gasteiger partial charge in [0.2, 0.25) is 0 Å². The molecule has 2 heterocycles. The molecule has 0 saturated carbocycles. The second-order valence-corrected chi connectivity index (χ2v) is 3.41. The van der Waals surface area contributed by atoms with Gasteiger partial charge in [-0.1, -0.05) is 0 Å². The van der Waals surface area contributed by atoms with Gasteiger partial charge in [0.1, 0.15) is 0 Å². The van der Waals surface area contributed by atoms with Gasteiger partial charge in [0.05, 0.1) is 0 Å². The SMILES string of the molecule is C1CN[C@H]([C@H]2CCCN2)C1. The van der Waals surface area contributed by atoms with Crippen LogP contribution in [0.5, 0.6) is 0 Å². The maximum atomic E-state index is 3.54. The quantitative estimate of drug-likeness (QED) is 0.554. The fraction of sp³-hybridized carbons (Fsp3) is 1.00. The van der Waals surface area contributed by atoms with Gasteiger partial charge < -0.3 is 10.6 Å². The van der Waals surface area contributed by atoms with E-state index in [-0.39, 0.29) is 0 Å². The molecule has 0 spiro atoms. The first-order chi connectivity index (χ1) is 4.97. The van der Waals surface area contributed by atoms with E-state index in [9.17, 15) is 0 Å². The summed E-state index contributed by atoms with van der Waals surface area (Å²) in [5, 5.41) is 7.07. The van der Waals surface area contributed by atoms with Crippen LogP contribution in [0.4, 0.5) is 0 Å². The Morgan fingerprint density at radius 3 is 1.60 bits per heavy atom. The lowest BCUT2D eigenvalue weighted by Gasteiger charge is -2.17. The lowest BCUT2D eigenvalue weighted by Crippen LogP contribution is -2.40. The van der Waals surface area contributed by atoms with E-state index in [0.29, 0.717) is 0 Å². The van der Waals surface area contributed by atoms with Gasteiger partial charge in [0.25, 0.3) is 0 Å². The third-order valence-corrected chi connectivity index (χ3v) is 2.68. The average molecular weight is 140 g/mol. The highest BCUT2D eigenvalue weighted by molar-refractivity contribution is 4.89. The zero-order valence-corrected chi connectivity index (χ0v) is 6.40. The number of nitrogens with one attached hydrogen (secondary N) is 2. The summed E-state index contributed by atoms with van der Waals surface area (Å²) in [6, 6.07) is 1.59. The molecule has 2 aliphatic rings. The highest BCUT2D eigenvalue weighted by atomic mass is 15.0. The molecule has 10 heavy (non-hydrogen) atoms. The van der Waals surface area contributed by atoms with Crippen LogP contribution in [0.3, 0.4) is 0 Å². The Morgan fingerprint density at radius 1 is 0.800 bits per heavy atom. The Hall–Kier alpha value is -0.0800. The van der Waals surface area contributed by atoms with Crippen LogP contribution in [0.2, 0.25) is 0 Å². The molecule has 0 aliphatic carbocycles. The first-order valence-corrected chi connectivity index (χ1v) is 4.43. The van der Waals surface area contributed by atoms with Crippen molar-refractivity contribution in [3.05, 3.63) is 0 Å². The van der Waals surface area contributed by atoms with Gasteiger partial charge in [0.15, 0.2) is 0 Å².